The van der Waals surface area contributed by atoms with Crippen molar-refractivity contribution in [3.05, 3.63) is 39.1 Å². The van der Waals surface area contributed by atoms with Gasteiger partial charge in [0, 0.05) is 0 Å². The van der Waals surface area contributed by atoms with Gasteiger partial charge in [0.15, 0.2) is 0 Å². The quantitative estimate of drug-likeness (QED) is 0.568. The number of rotatable bonds is 6. The van der Waals surface area contributed by atoms with Crippen LogP contribution in [0.2, 0.25) is 6.82 Å². The van der Waals surface area contributed by atoms with E-state index in [0.717, 1.165) is 32.9 Å². The monoisotopic (exact) mass is 428 g/mol. The van der Waals surface area contributed by atoms with E-state index in [9.17, 15) is 9.73 Å². The summed E-state index contributed by atoms with van der Waals surface area (Å²) in [7, 11) is 0.266. The Morgan fingerprint density at radius 1 is 1.59 bits per heavy atom. The van der Waals surface area contributed by atoms with Crippen LogP contribution in [0.15, 0.2) is 29.9 Å². The van der Waals surface area contributed by atoms with Gasteiger partial charge in [0.2, 0.25) is 0 Å². The molecule has 0 saturated carbocycles. The maximum atomic E-state index is 10.8. The molecular formula is C14H16B2ClIN2O2. The topological polar surface area (TPSA) is 45.5 Å². The van der Waals surface area contributed by atoms with E-state index in [4.69, 9.17) is 11.6 Å². The van der Waals surface area contributed by atoms with Gasteiger partial charge in [0.1, 0.15) is 0 Å². The molecule has 0 saturated heterocycles. The Kier molecular flexibility index (Phi) is 6.11. The Morgan fingerprint density at radius 2 is 2.32 bits per heavy atom. The van der Waals surface area contributed by atoms with Crippen molar-refractivity contribution in [1.82, 2.24) is 4.57 Å². The molecule has 0 atom stereocenters. The third kappa shape index (κ3) is 3.41. The van der Waals surface area contributed by atoms with Crippen LogP contribution in [-0.2, 0) is 11.1 Å². The van der Waals surface area contributed by atoms with Crippen molar-refractivity contribution in [3.63, 3.8) is 0 Å². The molecule has 0 fully saturated rings. The molecule has 22 heavy (non-hydrogen) atoms. The molecule has 1 aromatic carbocycles. The molecule has 0 aliphatic heterocycles. The molecule has 1 heterocycles. The normalized spacial score (nSPS) is 11.1. The fourth-order valence-electron chi connectivity index (χ4n) is 2.61. The molecule has 1 aromatic heterocycles. The SMILES string of the molecule is CB(O)N(CC=CCl)c1cc(C)c2c(ccn2CB=O)c1I. The van der Waals surface area contributed by atoms with Crippen LogP contribution in [0, 0.1) is 10.5 Å². The van der Waals surface area contributed by atoms with Crippen LogP contribution in [0.3, 0.4) is 0 Å². The number of hydrogen-bond acceptors (Lipinski definition) is 3. The van der Waals surface area contributed by atoms with E-state index in [1.165, 1.54) is 5.54 Å². The van der Waals surface area contributed by atoms with Gasteiger partial charge in [-0.25, -0.2) is 0 Å². The van der Waals surface area contributed by atoms with Gasteiger partial charge in [-0.3, -0.25) is 0 Å². The maximum absolute atomic E-state index is 10.8. The Balaban J connectivity index is 2.60. The molecule has 0 aliphatic rings. The van der Waals surface area contributed by atoms with E-state index < -0.39 is 7.05 Å². The molecule has 2 rings (SSSR count). The van der Waals surface area contributed by atoms with Crippen LogP contribution in [-0.4, -0.2) is 30.3 Å². The van der Waals surface area contributed by atoms with Crippen molar-refractivity contribution in [2.75, 3.05) is 11.4 Å². The fraction of sp³-hybridized carbons (Fsp3) is 0.286. The molecule has 0 aliphatic carbocycles. The summed E-state index contributed by atoms with van der Waals surface area (Å²) in [5.74, 6) is 0. The number of benzene rings is 1. The first kappa shape index (κ1) is 17.6. The third-order valence-corrected chi connectivity index (χ3v) is 4.89. The minimum atomic E-state index is -0.629. The molecule has 1 N–H and O–H groups in total. The number of nitrogens with zero attached hydrogens (tertiary/aromatic N) is 2. The molecule has 2 aromatic rings. The second-order valence-corrected chi connectivity index (χ2v) is 6.40. The molecule has 114 valence electrons. The molecule has 0 unspecified atom stereocenters. The van der Waals surface area contributed by atoms with E-state index in [-0.39, 0.29) is 0 Å². The van der Waals surface area contributed by atoms with Crippen LogP contribution >= 0.6 is 34.2 Å². The summed E-state index contributed by atoms with van der Waals surface area (Å²) in [5.41, 5.74) is 4.53. The molecule has 0 bridgehead atoms. The Labute approximate surface area is 149 Å². The van der Waals surface area contributed by atoms with Gasteiger partial charge < -0.3 is 0 Å². The summed E-state index contributed by atoms with van der Waals surface area (Å²) >= 11 is 7.90. The average Bonchev–Trinajstić information content (AvgIpc) is 2.89. The standard InChI is InChI=1S/C14H16B2ClIN2O2/c1-10-8-12(20(16(2)22)6-3-5-17)13(18)11-4-7-19(9-15-21)14(10)11/h3-5,7-8,22H,6,9H2,1-2H3. The Hall–Kier alpha value is -0.790. The van der Waals surface area contributed by atoms with Crippen molar-refractivity contribution in [1.29, 1.82) is 0 Å². The average molecular weight is 428 g/mol. The van der Waals surface area contributed by atoms with E-state index in [2.05, 4.69) is 22.6 Å². The van der Waals surface area contributed by atoms with E-state index in [1.54, 1.807) is 12.9 Å². The number of halogens is 2. The van der Waals surface area contributed by atoms with Crippen LogP contribution in [0.5, 0.6) is 0 Å². The first-order chi connectivity index (χ1) is 10.5. The Morgan fingerprint density at radius 3 is 2.91 bits per heavy atom. The van der Waals surface area contributed by atoms with Crippen molar-refractivity contribution in [2.45, 2.75) is 20.2 Å². The van der Waals surface area contributed by atoms with Gasteiger partial charge in [-0.15, -0.1) is 0 Å². The van der Waals surface area contributed by atoms with Gasteiger partial charge in [0.25, 0.3) is 0 Å². The molecule has 0 radical (unpaired) electrons. The van der Waals surface area contributed by atoms with Crippen molar-refractivity contribution in [3.8, 4) is 0 Å². The van der Waals surface area contributed by atoms with Crippen LogP contribution < -0.4 is 4.81 Å². The summed E-state index contributed by atoms with van der Waals surface area (Å²) in [5, 5.41) is 11.1. The predicted molar refractivity (Wildman–Crippen MR) is 102 cm³/mol. The zero-order chi connectivity index (χ0) is 16.3. The van der Waals surface area contributed by atoms with Gasteiger partial charge >= 0.3 is 150 Å². The molecule has 8 heteroatoms. The van der Waals surface area contributed by atoms with Gasteiger partial charge in [-0.05, 0) is 0 Å². The first-order valence-corrected chi connectivity index (χ1v) is 8.44. The third-order valence-electron chi connectivity index (χ3n) is 3.57. The molecule has 0 amide bonds. The number of hydrogen-bond donors (Lipinski definition) is 1. The first-order valence-electron chi connectivity index (χ1n) is 6.92. The number of aryl methyl sites for hydroxylation is 1. The minimum absolute atomic E-state index is 0.342. The Bertz CT molecular complexity index is 718. The van der Waals surface area contributed by atoms with Gasteiger partial charge in [0.05, 0.1) is 0 Å². The zero-order valence-electron chi connectivity index (χ0n) is 12.5. The van der Waals surface area contributed by atoms with Crippen molar-refractivity contribution in [2.24, 2.45) is 0 Å². The van der Waals surface area contributed by atoms with E-state index >= 15 is 0 Å². The zero-order valence-corrected chi connectivity index (χ0v) is 15.4. The summed E-state index contributed by atoms with van der Waals surface area (Å²) < 4.78 is 13.8. The second-order valence-electron chi connectivity index (χ2n) is 5.07. The fourth-order valence-corrected chi connectivity index (χ4v) is 3.59. The summed E-state index contributed by atoms with van der Waals surface area (Å²) in [6.45, 7) is 4.27. The molecule has 4 nitrogen and oxygen atoms in total. The number of aromatic nitrogens is 1. The van der Waals surface area contributed by atoms with E-state index in [1.807, 2.05) is 34.6 Å². The van der Waals surface area contributed by atoms with Crippen LogP contribution in [0.1, 0.15) is 5.56 Å². The second kappa shape index (κ2) is 7.66. The van der Waals surface area contributed by atoms with Crippen LogP contribution in [0.25, 0.3) is 10.9 Å². The van der Waals surface area contributed by atoms with Crippen molar-refractivity contribution < 1.29 is 9.73 Å². The summed E-state index contributed by atoms with van der Waals surface area (Å²) in [4.78, 5) is 1.88. The summed E-state index contributed by atoms with van der Waals surface area (Å²) in [6.07, 6.45) is 4.06. The molecule has 0 spiro atoms. The van der Waals surface area contributed by atoms with Crippen molar-refractivity contribution >= 4 is 65.0 Å². The van der Waals surface area contributed by atoms with E-state index in [0.29, 0.717) is 13.0 Å². The van der Waals surface area contributed by atoms with Gasteiger partial charge in [-0.2, -0.15) is 0 Å². The molecular weight excluding hydrogens is 412 g/mol. The predicted octanol–water partition coefficient (Wildman–Crippen LogP) is 3.23. The number of fused-ring (bicyclic) bond motifs is 1. The van der Waals surface area contributed by atoms with Crippen LogP contribution in [0.4, 0.5) is 5.69 Å². The van der Waals surface area contributed by atoms with Gasteiger partial charge in [-0.1, -0.05) is 0 Å². The summed E-state index contributed by atoms with van der Waals surface area (Å²) in [6, 6.07) is 4.05. The number of anilines is 1.